The van der Waals surface area contributed by atoms with E-state index in [1.807, 2.05) is 43.3 Å². The van der Waals surface area contributed by atoms with Crippen LogP contribution in [0.2, 0.25) is 0 Å². The summed E-state index contributed by atoms with van der Waals surface area (Å²) in [7, 11) is 0. The number of hydrogen-bond donors (Lipinski definition) is 1. The van der Waals surface area contributed by atoms with Crippen molar-refractivity contribution in [2.24, 2.45) is 5.16 Å². The summed E-state index contributed by atoms with van der Waals surface area (Å²) in [5.41, 5.74) is 6.71. The van der Waals surface area contributed by atoms with Crippen LogP contribution in [0, 0.1) is 13.8 Å². The summed E-state index contributed by atoms with van der Waals surface area (Å²) in [6.45, 7) is 4.04. The average Bonchev–Trinajstić information content (AvgIpc) is 3.57. The van der Waals surface area contributed by atoms with Gasteiger partial charge in [-0.05, 0) is 74.1 Å². The second kappa shape index (κ2) is 8.98. The van der Waals surface area contributed by atoms with E-state index in [0.717, 1.165) is 41.1 Å². The van der Waals surface area contributed by atoms with Gasteiger partial charge in [0.15, 0.2) is 0 Å². The molecule has 0 amide bonds. The van der Waals surface area contributed by atoms with E-state index in [1.165, 1.54) is 11.1 Å². The van der Waals surface area contributed by atoms with Crippen molar-refractivity contribution in [3.8, 4) is 11.5 Å². The smallest absolute Gasteiger partial charge is 0.247 e. The van der Waals surface area contributed by atoms with Crippen LogP contribution >= 0.6 is 0 Å². The summed E-state index contributed by atoms with van der Waals surface area (Å²) in [5, 5.41) is 22.3. The Kier molecular flexibility index (Phi) is 5.73. The van der Waals surface area contributed by atoms with Crippen LogP contribution in [0.15, 0.2) is 76.4 Å². The third-order valence-corrected chi connectivity index (χ3v) is 6.24. The molecule has 1 saturated carbocycles. The fourth-order valence-corrected chi connectivity index (χ4v) is 4.17. The number of aryl methyl sites for hydroxylation is 2. The Morgan fingerprint density at radius 2 is 1.85 bits per heavy atom. The summed E-state index contributed by atoms with van der Waals surface area (Å²) in [6, 6.07) is 20.3. The Hall–Kier alpha value is -3.80. The van der Waals surface area contributed by atoms with Crippen molar-refractivity contribution >= 4 is 5.71 Å². The molecule has 0 spiro atoms. The van der Waals surface area contributed by atoms with Gasteiger partial charge in [-0.2, -0.15) is 0 Å². The van der Waals surface area contributed by atoms with E-state index in [2.05, 4.69) is 51.5 Å². The van der Waals surface area contributed by atoms with E-state index in [1.54, 1.807) is 6.20 Å². The largest absolute Gasteiger partial charge is 0.420 e. The number of oxime groups is 1. The molecule has 5 rings (SSSR count). The highest BCUT2D eigenvalue weighted by Gasteiger charge is 2.29. The van der Waals surface area contributed by atoms with Crippen molar-refractivity contribution in [2.45, 2.75) is 44.9 Å². The van der Waals surface area contributed by atoms with Crippen LogP contribution in [-0.4, -0.2) is 26.1 Å². The van der Waals surface area contributed by atoms with Crippen LogP contribution in [-0.2, 0) is 6.42 Å². The maximum atomic E-state index is 10.1. The van der Waals surface area contributed by atoms with Crippen LogP contribution in [0.4, 0.5) is 0 Å². The number of pyridine rings is 1. The summed E-state index contributed by atoms with van der Waals surface area (Å²) >= 11 is 0. The van der Waals surface area contributed by atoms with Gasteiger partial charge in [0.05, 0.1) is 5.71 Å². The van der Waals surface area contributed by atoms with Crippen molar-refractivity contribution < 1.29 is 9.62 Å². The van der Waals surface area contributed by atoms with Crippen LogP contribution in [0.3, 0.4) is 0 Å². The van der Waals surface area contributed by atoms with E-state index in [9.17, 15) is 5.21 Å². The molecule has 6 nitrogen and oxygen atoms in total. The third-order valence-electron chi connectivity index (χ3n) is 6.24. The maximum Gasteiger partial charge on any atom is 0.247 e. The molecule has 0 bridgehead atoms. The van der Waals surface area contributed by atoms with Crippen molar-refractivity contribution in [2.75, 3.05) is 0 Å². The van der Waals surface area contributed by atoms with E-state index < -0.39 is 0 Å². The predicted octanol–water partition coefficient (Wildman–Crippen LogP) is 5.83. The lowest BCUT2D eigenvalue weighted by atomic mass is 9.83. The van der Waals surface area contributed by atoms with Gasteiger partial charge in [-0.3, -0.25) is 4.98 Å². The van der Waals surface area contributed by atoms with E-state index in [-0.39, 0.29) is 5.92 Å². The summed E-state index contributed by atoms with van der Waals surface area (Å²) in [5.74, 6) is 1.56. The molecule has 0 aliphatic heterocycles. The second-order valence-corrected chi connectivity index (χ2v) is 8.70. The molecular formula is C27H26N4O2. The molecule has 0 radical (unpaired) electrons. The standard InChI is InChI=1S/C27H26N4O2/c1-17-5-3-4-6-22(17)16-24(25(31-32)23-13-14-28-18(2)15-23)19-7-9-20(10-8-19)26-29-30-27(33-26)21-11-12-21/h3-10,13-15,21,24,32H,11-12,16H2,1-2H3. The van der Waals surface area contributed by atoms with E-state index >= 15 is 0 Å². The Morgan fingerprint density at radius 3 is 2.55 bits per heavy atom. The zero-order valence-corrected chi connectivity index (χ0v) is 18.8. The Morgan fingerprint density at radius 1 is 1.06 bits per heavy atom. The monoisotopic (exact) mass is 438 g/mol. The zero-order valence-electron chi connectivity index (χ0n) is 18.8. The van der Waals surface area contributed by atoms with Gasteiger partial charge in [-0.1, -0.05) is 41.6 Å². The normalized spacial score (nSPS) is 14.9. The Labute approximate surface area is 193 Å². The molecule has 2 heterocycles. The molecule has 33 heavy (non-hydrogen) atoms. The SMILES string of the molecule is Cc1cc(C(=NO)C(Cc2ccccc2C)c2ccc(-c3nnc(C4CC4)o3)cc2)ccn1. The maximum absolute atomic E-state index is 10.1. The number of rotatable bonds is 7. The van der Waals surface area contributed by atoms with Crippen molar-refractivity contribution in [3.05, 3.63) is 101 Å². The van der Waals surface area contributed by atoms with Gasteiger partial charge in [0, 0.05) is 34.9 Å². The molecule has 1 atom stereocenters. The summed E-state index contributed by atoms with van der Waals surface area (Å²) < 4.78 is 5.86. The van der Waals surface area contributed by atoms with Crippen LogP contribution in [0.1, 0.15) is 58.5 Å². The highest BCUT2D eigenvalue weighted by Crippen LogP contribution is 2.40. The summed E-state index contributed by atoms with van der Waals surface area (Å²) in [4.78, 5) is 4.29. The van der Waals surface area contributed by atoms with Gasteiger partial charge in [-0.25, -0.2) is 0 Å². The van der Waals surface area contributed by atoms with E-state index in [0.29, 0.717) is 23.9 Å². The molecule has 1 fully saturated rings. The van der Waals surface area contributed by atoms with Crippen LogP contribution < -0.4 is 0 Å². The van der Waals surface area contributed by atoms with Crippen molar-refractivity contribution in [1.82, 2.24) is 15.2 Å². The molecular weight excluding hydrogens is 412 g/mol. The summed E-state index contributed by atoms with van der Waals surface area (Å²) in [6.07, 6.45) is 4.70. The first-order chi connectivity index (χ1) is 16.1. The molecule has 6 heteroatoms. The predicted molar refractivity (Wildman–Crippen MR) is 127 cm³/mol. The Balaban J connectivity index is 1.50. The van der Waals surface area contributed by atoms with Gasteiger partial charge < -0.3 is 9.62 Å². The molecule has 1 aliphatic carbocycles. The molecule has 4 aromatic rings. The number of nitrogens with zero attached hydrogens (tertiary/aromatic N) is 4. The van der Waals surface area contributed by atoms with Gasteiger partial charge in [-0.15, -0.1) is 10.2 Å². The van der Waals surface area contributed by atoms with Gasteiger partial charge in [0.1, 0.15) is 0 Å². The molecule has 1 N–H and O–H groups in total. The lowest BCUT2D eigenvalue weighted by Crippen LogP contribution is -2.18. The first kappa shape index (κ1) is 21.1. The van der Waals surface area contributed by atoms with Crippen LogP contribution in [0.5, 0.6) is 0 Å². The number of benzene rings is 2. The highest BCUT2D eigenvalue weighted by atomic mass is 16.4. The van der Waals surface area contributed by atoms with Gasteiger partial charge in [0.25, 0.3) is 0 Å². The molecule has 2 aromatic carbocycles. The van der Waals surface area contributed by atoms with Crippen LogP contribution in [0.25, 0.3) is 11.5 Å². The lowest BCUT2D eigenvalue weighted by molar-refractivity contribution is 0.317. The number of aromatic nitrogens is 3. The van der Waals surface area contributed by atoms with Crippen molar-refractivity contribution in [3.63, 3.8) is 0 Å². The quantitative estimate of drug-likeness (QED) is 0.223. The highest BCUT2D eigenvalue weighted by molar-refractivity contribution is 6.05. The minimum absolute atomic E-state index is 0.142. The lowest BCUT2D eigenvalue weighted by Gasteiger charge is -2.21. The van der Waals surface area contributed by atoms with Gasteiger partial charge in [0.2, 0.25) is 11.8 Å². The molecule has 0 saturated heterocycles. The topological polar surface area (TPSA) is 84.4 Å². The fraction of sp³-hybridized carbons (Fsp3) is 0.259. The van der Waals surface area contributed by atoms with Crippen molar-refractivity contribution in [1.29, 1.82) is 0 Å². The molecule has 2 aromatic heterocycles. The molecule has 166 valence electrons. The first-order valence-electron chi connectivity index (χ1n) is 11.3. The minimum atomic E-state index is -0.142. The van der Waals surface area contributed by atoms with Gasteiger partial charge >= 0.3 is 0 Å². The zero-order chi connectivity index (χ0) is 22.8. The Bertz CT molecular complexity index is 1290. The fourth-order valence-electron chi connectivity index (χ4n) is 4.17. The average molecular weight is 439 g/mol. The minimum Gasteiger partial charge on any atom is -0.420 e. The molecule has 1 aliphatic rings. The molecule has 1 unspecified atom stereocenters. The first-order valence-corrected chi connectivity index (χ1v) is 11.3. The second-order valence-electron chi connectivity index (χ2n) is 8.70. The number of hydrogen-bond acceptors (Lipinski definition) is 6. The third kappa shape index (κ3) is 4.55. The van der Waals surface area contributed by atoms with E-state index in [4.69, 9.17) is 4.42 Å².